The number of carbonyl (C=O) groups is 4. The number of nitrogens with one attached hydrogen (secondary N) is 4. The number of imidazole rings is 1. The third-order valence-electron chi connectivity index (χ3n) is 14.9. The number of hydrogen-bond donors (Lipinski definition) is 5. The molecule has 6 aromatic carbocycles. The Bertz CT molecular complexity index is 4200. The van der Waals surface area contributed by atoms with Crippen LogP contribution >= 0.6 is 69.6 Å². The minimum Gasteiger partial charge on any atom is -0.354 e. The largest absolute Gasteiger partial charge is 0.354 e. The van der Waals surface area contributed by atoms with Crippen LogP contribution in [0.25, 0.3) is 33.4 Å². The molecule has 20 nitrogen and oxygen atoms in total. The summed E-state index contributed by atoms with van der Waals surface area (Å²) in [5, 5.41) is 13.6. The quantitative estimate of drug-likeness (QED) is 0.0472. The van der Waals surface area contributed by atoms with Crippen LogP contribution in [0.4, 0.5) is 27.8 Å². The van der Waals surface area contributed by atoms with Crippen LogP contribution in [-0.2, 0) is 48.7 Å². The van der Waals surface area contributed by atoms with Gasteiger partial charge in [0.1, 0.15) is 30.1 Å². The number of nitrogens with zero attached hydrogens (tertiary/aromatic N) is 9. The fourth-order valence-corrected chi connectivity index (χ4v) is 11.7. The van der Waals surface area contributed by atoms with E-state index in [9.17, 15) is 19.2 Å². The van der Waals surface area contributed by atoms with Crippen molar-refractivity contribution in [1.29, 1.82) is 0 Å². The first-order valence-corrected chi connectivity index (χ1v) is 31.1. The van der Waals surface area contributed by atoms with Crippen LogP contribution in [-0.4, -0.2) is 101 Å². The molecule has 0 aliphatic carbocycles. The smallest absolute Gasteiger partial charge is 0.315 e. The molecule has 0 saturated heterocycles. The lowest BCUT2D eigenvalue weighted by atomic mass is 9.90. The molecule has 10 aromatic rings. The van der Waals surface area contributed by atoms with Crippen molar-refractivity contribution in [3.8, 4) is 33.4 Å². The van der Waals surface area contributed by atoms with Crippen LogP contribution in [0.2, 0.25) is 30.1 Å². The van der Waals surface area contributed by atoms with E-state index in [0.29, 0.717) is 66.0 Å². The number of amides is 5. The molecule has 482 valence electrons. The number of rotatable bonds is 19. The Labute approximate surface area is 572 Å². The number of ether oxygens (including phenoxy) is 2. The van der Waals surface area contributed by atoms with Crippen molar-refractivity contribution in [2.24, 2.45) is 5.73 Å². The van der Waals surface area contributed by atoms with Crippen LogP contribution in [0, 0.1) is 0 Å². The van der Waals surface area contributed by atoms with Gasteiger partial charge in [0.2, 0.25) is 17.8 Å². The summed E-state index contributed by atoms with van der Waals surface area (Å²) >= 11 is 36.5. The molecule has 0 bridgehead atoms. The zero-order chi connectivity index (χ0) is 67.2. The van der Waals surface area contributed by atoms with E-state index >= 15 is 0 Å². The Balaban J connectivity index is 0.000000168. The monoisotopic (exact) mass is 1380 g/mol. The van der Waals surface area contributed by atoms with Gasteiger partial charge in [0.15, 0.2) is 6.29 Å². The van der Waals surface area contributed by atoms with Gasteiger partial charge in [-0.1, -0.05) is 142 Å². The fourth-order valence-electron chi connectivity index (χ4n) is 10.2. The molecule has 0 saturated carbocycles. The molecule has 1 aliphatic rings. The van der Waals surface area contributed by atoms with Gasteiger partial charge in [-0.05, 0) is 115 Å². The number of methoxy groups -OCH3 is 2. The maximum Gasteiger partial charge on any atom is 0.315 e. The molecule has 5 amide bonds. The maximum absolute atomic E-state index is 13.6. The number of hydrogen-bond acceptors (Lipinski definition) is 14. The second-order valence-corrected chi connectivity index (χ2v) is 25.0. The Morgan fingerprint density at radius 1 is 0.553 bits per heavy atom. The number of benzene rings is 6. The lowest BCUT2D eigenvalue weighted by Gasteiger charge is -2.30. The standard InChI is InChI=1S/C25H27Cl2N5O4.C23H17Cl2N5O.C20H18Cl2N4O/c1-25(32-24(34)30-14-22(35-2)36-3,23(33)31-21-9-19(26)8-20(27)10-21)11-16-4-6-17(7-5-16)18-12-28-15-29-13-18;1-23(11-15-2-4-16(5-3-15)17-12-26-14-27-13-17)21(31)30(22-28-6-7-29(22)23)20-9-18(24)8-19(25)10-20;1-20(23,19(27)26-18-7-16(21)6-17(22)8-18)9-13-2-4-14(5-3-13)15-10-24-12-25-11-15/h4-10,12-13,15,22H,11,14H2,1-3H3,(H,31,33)(H2,30,32,34);2-10,12-14H,11H2,1H3;2-8,10-12H,9,23H2,1H3,(H,26,27)/t25-;23-;20-/m111/s1. The fraction of sp³-hybridized carbons (Fsp3) is 0.191. The Morgan fingerprint density at radius 2 is 0.947 bits per heavy atom. The second kappa shape index (κ2) is 31.3. The SMILES string of the molecule is COC(CNC(=O)N[C@](C)(Cc1ccc(-c2cncnc2)cc1)C(=O)Nc1cc(Cl)cc(Cl)c1)OC.C[C@@](N)(Cc1ccc(-c2cncnc2)cc1)C(=O)Nc1cc(Cl)cc(Cl)c1.C[C@@]1(Cc2ccc(-c3cncnc3)cc2)C(=O)N(c2cc(Cl)cc(Cl)c2)c2nccn21. The summed E-state index contributed by atoms with van der Waals surface area (Å²) in [6, 6.07) is 37.5. The predicted molar refractivity (Wildman–Crippen MR) is 369 cm³/mol. The Morgan fingerprint density at radius 3 is 1.37 bits per heavy atom. The van der Waals surface area contributed by atoms with E-state index in [1.165, 1.54) is 33.2 Å². The zero-order valence-corrected chi connectivity index (χ0v) is 55.7. The summed E-state index contributed by atoms with van der Waals surface area (Å²) in [5.74, 6) is -0.314. The molecule has 0 radical (unpaired) electrons. The van der Waals surface area contributed by atoms with E-state index in [2.05, 4.69) is 56.2 Å². The van der Waals surface area contributed by atoms with Crippen molar-refractivity contribution in [2.45, 2.75) is 62.9 Å². The zero-order valence-electron chi connectivity index (χ0n) is 51.2. The van der Waals surface area contributed by atoms with Crippen LogP contribution in [0.1, 0.15) is 37.5 Å². The summed E-state index contributed by atoms with van der Waals surface area (Å²) < 4.78 is 12.1. The molecule has 5 heterocycles. The van der Waals surface area contributed by atoms with Crippen LogP contribution in [0.5, 0.6) is 0 Å². The molecular formula is C68H62Cl6N14O6. The third kappa shape index (κ3) is 18.0. The van der Waals surface area contributed by atoms with E-state index in [4.69, 9.17) is 84.8 Å². The highest BCUT2D eigenvalue weighted by Gasteiger charge is 2.49. The molecule has 0 fully saturated rings. The molecule has 0 unspecified atom stereocenters. The van der Waals surface area contributed by atoms with Gasteiger partial charge in [-0.25, -0.2) is 44.6 Å². The highest BCUT2D eigenvalue weighted by atomic mass is 35.5. The van der Waals surface area contributed by atoms with Gasteiger partial charge in [0.25, 0.3) is 5.91 Å². The lowest BCUT2D eigenvalue weighted by molar-refractivity contribution is -0.124. The van der Waals surface area contributed by atoms with Crippen molar-refractivity contribution in [3.05, 3.63) is 243 Å². The van der Waals surface area contributed by atoms with Gasteiger partial charge in [0.05, 0.1) is 17.8 Å². The summed E-state index contributed by atoms with van der Waals surface area (Å²) in [4.78, 5) is 82.6. The molecule has 4 aromatic heterocycles. The van der Waals surface area contributed by atoms with E-state index in [1.807, 2.05) is 90.5 Å². The van der Waals surface area contributed by atoms with Crippen molar-refractivity contribution in [2.75, 3.05) is 36.3 Å². The van der Waals surface area contributed by atoms with E-state index in [-0.39, 0.29) is 24.8 Å². The molecule has 94 heavy (non-hydrogen) atoms. The third-order valence-corrected chi connectivity index (χ3v) is 16.3. The topological polar surface area (TPSA) is 259 Å². The van der Waals surface area contributed by atoms with E-state index in [0.717, 1.165) is 50.1 Å². The molecule has 11 rings (SSSR count). The number of carbonyl (C=O) groups excluding carboxylic acids is 4. The van der Waals surface area contributed by atoms with Gasteiger partial charge >= 0.3 is 6.03 Å². The van der Waals surface area contributed by atoms with Crippen LogP contribution in [0.3, 0.4) is 0 Å². The van der Waals surface area contributed by atoms with Crippen molar-refractivity contribution in [1.82, 2.24) is 50.1 Å². The number of anilines is 4. The van der Waals surface area contributed by atoms with Gasteiger partial charge in [0, 0.05) is 135 Å². The number of aromatic nitrogens is 8. The van der Waals surface area contributed by atoms with Gasteiger partial charge in [-0.15, -0.1) is 0 Å². The van der Waals surface area contributed by atoms with Crippen molar-refractivity contribution in [3.63, 3.8) is 0 Å². The minimum atomic E-state index is -1.34. The lowest BCUT2D eigenvalue weighted by Crippen LogP contribution is -2.59. The average Bonchev–Trinajstić information content (AvgIpc) is 1.57. The van der Waals surface area contributed by atoms with Crippen LogP contribution in [0.15, 0.2) is 196 Å². The average molecular weight is 1380 g/mol. The van der Waals surface area contributed by atoms with Gasteiger partial charge in [-0.2, -0.15) is 0 Å². The summed E-state index contributed by atoms with van der Waals surface area (Å²) in [6.07, 6.45) is 18.9. The predicted octanol–water partition coefficient (Wildman–Crippen LogP) is 13.9. The first-order chi connectivity index (χ1) is 45.0. The number of urea groups is 1. The molecule has 6 N–H and O–H groups in total. The number of fused-ring (bicyclic) bond motifs is 1. The van der Waals surface area contributed by atoms with Gasteiger partial charge in [-0.3, -0.25) is 14.4 Å². The number of halogens is 6. The highest BCUT2D eigenvalue weighted by molar-refractivity contribution is 6.36. The maximum atomic E-state index is 13.6. The summed E-state index contributed by atoms with van der Waals surface area (Å²) in [7, 11) is 2.93. The number of nitrogens with two attached hydrogens (primary N) is 1. The first-order valence-electron chi connectivity index (χ1n) is 28.8. The second-order valence-electron chi connectivity index (χ2n) is 22.4. The first kappa shape index (κ1) is 69.4. The molecular weight excluding hydrogens is 1320 g/mol. The van der Waals surface area contributed by atoms with Gasteiger partial charge < -0.3 is 41.0 Å². The Kier molecular flexibility index (Phi) is 23.1. The minimum absolute atomic E-state index is 0.0885. The molecule has 26 heteroatoms. The van der Waals surface area contributed by atoms with E-state index < -0.39 is 34.8 Å². The van der Waals surface area contributed by atoms with Crippen molar-refractivity contribution < 1.29 is 28.7 Å². The Hall–Kier alpha value is -8.93. The van der Waals surface area contributed by atoms with Crippen molar-refractivity contribution >= 4 is 116 Å². The van der Waals surface area contributed by atoms with E-state index in [1.54, 1.807) is 117 Å². The molecule has 3 atom stereocenters. The van der Waals surface area contributed by atoms with Crippen LogP contribution < -0.4 is 31.9 Å². The normalized spacial score (nSPS) is 14.4. The molecule has 1 aliphatic heterocycles. The molecule has 0 spiro atoms. The summed E-state index contributed by atoms with van der Waals surface area (Å²) in [5.41, 5.74) is 13.0. The summed E-state index contributed by atoms with van der Waals surface area (Å²) in [6.45, 7) is 5.34. The highest BCUT2D eigenvalue weighted by Crippen LogP contribution is 2.42.